The second-order valence-corrected chi connectivity index (χ2v) is 6.93. The number of urea groups is 1. The third-order valence-corrected chi connectivity index (χ3v) is 5.40. The summed E-state index contributed by atoms with van der Waals surface area (Å²) in [6, 6.07) is 6.87. The van der Waals surface area contributed by atoms with Gasteiger partial charge in [-0.05, 0) is 43.5 Å². The first kappa shape index (κ1) is 15.9. The lowest BCUT2D eigenvalue weighted by Crippen LogP contribution is -2.48. The molecule has 4 rings (SSSR count). The van der Waals surface area contributed by atoms with Crippen molar-refractivity contribution in [3.05, 3.63) is 29.8 Å². The van der Waals surface area contributed by atoms with Crippen LogP contribution in [0.5, 0.6) is 0 Å². The number of rotatable bonds is 3. The topological polar surface area (TPSA) is 82.2 Å². The highest BCUT2D eigenvalue weighted by Gasteiger charge is 2.49. The lowest BCUT2D eigenvalue weighted by atomic mass is 9.97. The Kier molecular flexibility index (Phi) is 3.86. The molecule has 7 heteroatoms. The number of carbonyl (C=O) groups is 2. The van der Waals surface area contributed by atoms with Gasteiger partial charge in [-0.15, -0.1) is 0 Å². The normalized spacial score (nSPS) is 26.0. The molecule has 132 valence electrons. The van der Waals surface area contributed by atoms with E-state index in [9.17, 15) is 9.59 Å². The van der Waals surface area contributed by atoms with Crippen LogP contribution in [0.25, 0.3) is 0 Å². The maximum atomic E-state index is 12.9. The monoisotopic (exact) mass is 341 g/mol. The molecule has 2 saturated heterocycles. The van der Waals surface area contributed by atoms with Crippen molar-refractivity contribution in [2.75, 3.05) is 31.6 Å². The molecule has 0 radical (unpaired) electrons. The van der Waals surface area contributed by atoms with Crippen LogP contribution in [0.2, 0.25) is 0 Å². The molecule has 1 unspecified atom stereocenters. The Labute approximate surface area is 147 Å². The van der Waals surface area contributed by atoms with Gasteiger partial charge in [-0.2, -0.15) is 0 Å². The van der Waals surface area contributed by atoms with E-state index in [2.05, 4.69) is 9.89 Å². The molecule has 3 amide bonds. The van der Waals surface area contributed by atoms with Crippen molar-refractivity contribution in [3.63, 3.8) is 0 Å². The Morgan fingerprint density at radius 2 is 1.96 bits per heavy atom. The van der Waals surface area contributed by atoms with Crippen molar-refractivity contribution < 1.29 is 9.59 Å². The minimum atomic E-state index is -0.592. The first-order valence-electron chi connectivity index (χ1n) is 8.83. The number of hydrogen-bond donors (Lipinski definition) is 1. The second kappa shape index (κ2) is 6.06. The number of hydrogen-bond acceptors (Lipinski definition) is 4. The van der Waals surface area contributed by atoms with Crippen LogP contribution < -0.4 is 10.6 Å². The summed E-state index contributed by atoms with van der Waals surface area (Å²) in [6.07, 6.45) is 2.83. The Hall–Kier alpha value is -2.57. The number of aliphatic imine (C=N–C) groups is 1. The molecule has 1 aromatic carbocycles. The molecular weight excluding hydrogens is 318 g/mol. The van der Waals surface area contributed by atoms with Crippen LogP contribution in [0.15, 0.2) is 29.3 Å². The lowest BCUT2D eigenvalue weighted by molar-refractivity contribution is -0.119. The molecule has 3 aliphatic heterocycles. The maximum Gasteiger partial charge on any atom is 0.325 e. The summed E-state index contributed by atoms with van der Waals surface area (Å²) in [7, 11) is 2.02. The van der Waals surface area contributed by atoms with E-state index in [0.29, 0.717) is 12.2 Å². The fraction of sp³-hybridized carbons (Fsp3) is 0.500. The van der Waals surface area contributed by atoms with E-state index in [-0.39, 0.29) is 12.1 Å². The molecular formula is C18H23N5O2. The highest BCUT2D eigenvalue weighted by molar-refractivity contribution is 6.04. The Bertz CT molecular complexity index is 729. The van der Waals surface area contributed by atoms with Gasteiger partial charge in [0, 0.05) is 31.4 Å². The van der Waals surface area contributed by atoms with Gasteiger partial charge in [0.2, 0.25) is 5.91 Å². The van der Waals surface area contributed by atoms with Gasteiger partial charge in [0.25, 0.3) is 0 Å². The minimum Gasteiger partial charge on any atom is -0.368 e. The van der Waals surface area contributed by atoms with E-state index < -0.39 is 11.9 Å². The average molecular weight is 341 g/mol. The van der Waals surface area contributed by atoms with Crippen molar-refractivity contribution in [2.45, 2.75) is 31.3 Å². The molecule has 7 nitrogen and oxygen atoms in total. The van der Waals surface area contributed by atoms with Gasteiger partial charge in [-0.25, -0.2) is 4.79 Å². The van der Waals surface area contributed by atoms with E-state index >= 15 is 0 Å². The van der Waals surface area contributed by atoms with Gasteiger partial charge < -0.3 is 15.5 Å². The van der Waals surface area contributed by atoms with Crippen LogP contribution in [0.1, 0.15) is 24.8 Å². The summed E-state index contributed by atoms with van der Waals surface area (Å²) < 4.78 is 0. The van der Waals surface area contributed by atoms with E-state index in [4.69, 9.17) is 5.73 Å². The fourth-order valence-electron chi connectivity index (χ4n) is 4.16. The lowest BCUT2D eigenvalue weighted by Gasteiger charge is -2.29. The number of primary amides is 1. The Balaban J connectivity index is 1.65. The van der Waals surface area contributed by atoms with Gasteiger partial charge in [0.05, 0.1) is 12.6 Å². The van der Waals surface area contributed by atoms with Crippen molar-refractivity contribution in [3.8, 4) is 0 Å². The van der Waals surface area contributed by atoms with E-state index in [1.807, 2.05) is 36.2 Å². The third-order valence-electron chi connectivity index (χ3n) is 5.40. The molecule has 0 aliphatic carbocycles. The largest absolute Gasteiger partial charge is 0.368 e. The molecule has 0 spiro atoms. The van der Waals surface area contributed by atoms with Crippen LogP contribution in [-0.4, -0.2) is 66.3 Å². The summed E-state index contributed by atoms with van der Waals surface area (Å²) in [4.78, 5) is 34.9. The van der Waals surface area contributed by atoms with Crippen molar-refractivity contribution in [2.24, 2.45) is 10.7 Å². The van der Waals surface area contributed by atoms with Gasteiger partial charge in [-0.1, -0.05) is 0 Å². The van der Waals surface area contributed by atoms with E-state index in [1.54, 1.807) is 4.90 Å². The number of likely N-dealkylation sites (N-methyl/N-ethyl adjacent to an activating group) is 1. The smallest absolute Gasteiger partial charge is 0.325 e. The first-order valence-corrected chi connectivity index (χ1v) is 8.83. The fourth-order valence-corrected chi connectivity index (χ4v) is 4.16. The minimum absolute atomic E-state index is 0.108. The number of piperidine rings is 1. The van der Waals surface area contributed by atoms with Crippen molar-refractivity contribution >= 4 is 23.5 Å². The zero-order valence-electron chi connectivity index (χ0n) is 14.4. The van der Waals surface area contributed by atoms with Crippen LogP contribution in [0.4, 0.5) is 10.5 Å². The molecule has 0 bridgehead atoms. The predicted molar refractivity (Wildman–Crippen MR) is 95.7 cm³/mol. The van der Waals surface area contributed by atoms with Crippen LogP contribution in [0, 0.1) is 0 Å². The van der Waals surface area contributed by atoms with Gasteiger partial charge >= 0.3 is 6.03 Å². The molecule has 2 fully saturated rings. The number of nitrogens with zero attached hydrogens (tertiary/aromatic N) is 4. The summed E-state index contributed by atoms with van der Waals surface area (Å²) >= 11 is 0. The molecule has 0 aromatic heterocycles. The van der Waals surface area contributed by atoms with Gasteiger partial charge in [0.1, 0.15) is 11.9 Å². The Morgan fingerprint density at radius 1 is 1.20 bits per heavy atom. The first-order chi connectivity index (χ1) is 12.1. The van der Waals surface area contributed by atoms with Crippen LogP contribution >= 0.6 is 0 Å². The zero-order valence-corrected chi connectivity index (χ0v) is 14.4. The highest BCUT2D eigenvalue weighted by Crippen LogP contribution is 2.34. The number of benzene rings is 1. The number of nitrogens with two attached hydrogens (primary N) is 1. The SMILES string of the molecule is CN1CCN=C1c1ccc(N2C(=O)N3CCCC[C@@H]3C2C(N)=O)cc1. The standard InChI is InChI=1S/C18H23N5O2/c1-21-11-9-20-17(21)12-5-7-13(8-6-12)23-15(16(19)24)14-4-2-3-10-22(14)18(23)25/h5-8,14-15H,2-4,9-11H2,1H3,(H2,19,24)/t14-,15?/m1/s1. The third kappa shape index (κ3) is 2.54. The number of amides is 3. The van der Waals surface area contributed by atoms with Crippen molar-refractivity contribution in [1.82, 2.24) is 9.80 Å². The average Bonchev–Trinajstić information content (AvgIpc) is 3.17. The molecule has 1 aromatic rings. The van der Waals surface area contributed by atoms with Gasteiger partial charge in [-0.3, -0.25) is 14.7 Å². The molecule has 3 heterocycles. The van der Waals surface area contributed by atoms with Gasteiger partial charge in [0.15, 0.2) is 0 Å². The van der Waals surface area contributed by atoms with Crippen LogP contribution in [-0.2, 0) is 4.79 Å². The number of fused-ring (bicyclic) bond motifs is 1. The quantitative estimate of drug-likeness (QED) is 0.891. The Morgan fingerprint density at radius 3 is 2.60 bits per heavy atom. The zero-order chi connectivity index (χ0) is 17.6. The number of carbonyl (C=O) groups excluding carboxylic acids is 2. The summed E-state index contributed by atoms with van der Waals surface area (Å²) in [5.74, 6) is 0.523. The summed E-state index contributed by atoms with van der Waals surface area (Å²) in [5, 5.41) is 0. The van der Waals surface area contributed by atoms with Crippen LogP contribution in [0.3, 0.4) is 0 Å². The summed E-state index contributed by atoms with van der Waals surface area (Å²) in [6.45, 7) is 2.42. The van der Waals surface area contributed by atoms with Crippen molar-refractivity contribution in [1.29, 1.82) is 0 Å². The van der Waals surface area contributed by atoms with E-state index in [0.717, 1.165) is 43.8 Å². The molecule has 3 aliphatic rings. The maximum absolute atomic E-state index is 12.9. The summed E-state index contributed by atoms with van der Waals surface area (Å²) in [5.41, 5.74) is 7.39. The van der Waals surface area contributed by atoms with E-state index in [1.165, 1.54) is 0 Å². The molecule has 2 atom stereocenters. The highest BCUT2D eigenvalue weighted by atomic mass is 16.2. The number of anilines is 1. The number of amidine groups is 1. The molecule has 25 heavy (non-hydrogen) atoms. The predicted octanol–water partition coefficient (Wildman–Crippen LogP) is 1.03. The second-order valence-electron chi connectivity index (χ2n) is 6.93. The molecule has 2 N–H and O–H groups in total. The molecule has 0 saturated carbocycles.